The average Bonchev–Trinajstić information content (AvgIpc) is 2.30. The van der Waals surface area contributed by atoms with Crippen LogP contribution in [0.5, 0.6) is 0 Å². The number of nitro groups is 1. The van der Waals surface area contributed by atoms with Crippen LogP contribution >= 0.6 is 23.2 Å². The molecule has 0 spiro atoms. The molecule has 1 aliphatic heterocycles. The van der Waals surface area contributed by atoms with Gasteiger partial charge in [0.15, 0.2) is 0 Å². The number of non-ortho nitro benzene ring substituents is 1. The Morgan fingerprint density at radius 2 is 1.79 bits per heavy atom. The summed E-state index contributed by atoms with van der Waals surface area (Å²) in [6.07, 6.45) is 1.22. The van der Waals surface area contributed by atoms with Gasteiger partial charge in [0, 0.05) is 25.2 Å². The topological polar surface area (TPSA) is 66.6 Å². The molecule has 19 heavy (non-hydrogen) atoms. The van der Waals surface area contributed by atoms with Crippen LogP contribution in [0, 0.1) is 10.1 Å². The Kier molecular flexibility index (Phi) is 3.90. The fourth-order valence-electron chi connectivity index (χ4n) is 2.17. The second kappa shape index (κ2) is 5.15. The van der Waals surface area contributed by atoms with Crippen molar-refractivity contribution in [3.05, 3.63) is 32.3 Å². The van der Waals surface area contributed by atoms with Crippen LogP contribution in [0.15, 0.2) is 12.1 Å². The number of nitro benzene ring substituents is 1. The van der Waals surface area contributed by atoms with E-state index >= 15 is 0 Å². The van der Waals surface area contributed by atoms with Crippen LogP contribution in [-0.4, -0.2) is 28.7 Å². The molecule has 1 aliphatic rings. The highest BCUT2D eigenvalue weighted by Gasteiger charge is 2.29. The standard InChI is InChI=1S/C12H14Cl2N2O3/c1-12(17)2-4-15(5-3-12)11-9(13)6-8(16(18)19)7-10(11)14/h6-7,17H,2-5H2,1H3. The van der Waals surface area contributed by atoms with Gasteiger partial charge in [0.1, 0.15) is 0 Å². The van der Waals surface area contributed by atoms with Gasteiger partial charge >= 0.3 is 0 Å². The molecule has 1 aromatic rings. The maximum Gasteiger partial charge on any atom is 0.272 e. The first-order valence-corrected chi connectivity index (χ1v) is 6.66. The Hall–Kier alpha value is -1.04. The van der Waals surface area contributed by atoms with Crippen LogP contribution in [0.3, 0.4) is 0 Å². The first-order valence-electron chi connectivity index (χ1n) is 5.91. The van der Waals surface area contributed by atoms with E-state index < -0.39 is 10.5 Å². The zero-order chi connectivity index (χ0) is 14.2. The van der Waals surface area contributed by atoms with E-state index in [1.54, 1.807) is 6.92 Å². The summed E-state index contributed by atoms with van der Waals surface area (Å²) in [5, 5.41) is 21.2. The normalized spacial score (nSPS) is 18.4. The molecule has 5 nitrogen and oxygen atoms in total. The number of rotatable bonds is 2. The van der Waals surface area contributed by atoms with Crippen molar-refractivity contribution in [2.45, 2.75) is 25.4 Å². The second-order valence-corrected chi connectivity index (χ2v) is 5.81. The summed E-state index contributed by atoms with van der Waals surface area (Å²) in [6.45, 7) is 3.03. The SMILES string of the molecule is CC1(O)CCN(c2c(Cl)cc([N+](=O)[O-])cc2Cl)CC1. The van der Waals surface area contributed by atoms with E-state index in [1.165, 1.54) is 12.1 Å². The molecule has 1 N–H and O–H groups in total. The molecule has 7 heteroatoms. The lowest BCUT2D eigenvalue weighted by Crippen LogP contribution is -2.42. The third-order valence-corrected chi connectivity index (χ3v) is 3.95. The molecule has 1 fully saturated rings. The van der Waals surface area contributed by atoms with Crippen LogP contribution < -0.4 is 4.90 Å². The minimum atomic E-state index is -0.670. The van der Waals surface area contributed by atoms with E-state index in [4.69, 9.17) is 23.2 Å². The van der Waals surface area contributed by atoms with E-state index in [-0.39, 0.29) is 15.7 Å². The molecule has 0 saturated carbocycles. The van der Waals surface area contributed by atoms with Gasteiger partial charge in [0.05, 0.1) is 26.3 Å². The minimum Gasteiger partial charge on any atom is -0.390 e. The van der Waals surface area contributed by atoms with Gasteiger partial charge in [-0.25, -0.2) is 0 Å². The van der Waals surface area contributed by atoms with Crippen molar-refractivity contribution in [2.24, 2.45) is 0 Å². The lowest BCUT2D eigenvalue weighted by atomic mass is 9.93. The summed E-state index contributed by atoms with van der Waals surface area (Å²) in [6, 6.07) is 2.60. The Labute approximate surface area is 120 Å². The largest absolute Gasteiger partial charge is 0.390 e. The van der Waals surface area contributed by atoms with E-state index in [1.807, 2.05) is 4.90 Å². The molecular weight excluding hydrogens is 291 g/mol. The van der Waals surface area contributed by atoms with Gasteiger partial charge in [0.25, 0.3) is 5.69 Å². The highest BCUT2D eigenvalue weighted by molar-refractivity contribution is 6.39. The summed E-state index contributed by atoms with van der Waals surface area (Å²) in [4.78, 5) is 12.1. The van der Waals surface area contributed by atoms with Crippen LogP contribution in [0.4, 0.5) is 11.4 Å². The molecule has 0 bridgehead atoms. The maximum atomic E-state index is 10.7. The van der Waals surface area contributed by atoms with E-state index in [0.717, 1.165) is 0 Å². The third-order valence-electron chi connectivity index (χ3n) is 3.37. The number of piperidine rings is 1. The van der Waals surface area contributed by atoms with Gasteiger partial charge in [0.2, 0.25) is 0 Å². The van der Waals surface area contributed by atoms with Crippen LogP contribution in [0.1, 0.15) is 19.8 Å². The number of nitrogens with zero attached hydrogens (tertiary/aromatic N) is 2. The van der Waals surface area contributed by atoms with Crippen molar-refractivity contribution in [2.75, 3.05) is 18.0 Å². The van der Waals surface area contributed by atoms with Crippen LogP contribution in [0.25, 0.3) is 0 Å². The molecule has 2 rings (SSSR count). The summed E-state index contributed by atoms with van der Waals surface area (Å²) < 4.78 is 0. The highest BCUT2D eigenvalue weighted by Crippen LogP contribution is 2.39. The van der Waals surface area contributed by atoms with Gasteiger partial charge in [-0.2, -0.15) is 0 Å². The number of benzene rings is 1. The summed E-state index contributed by atoms with van der Waals surface area (Å²) in [5.41, 5.74) is -0.192. The molecular formula is C12H14Cl2N2O3. The van der Waals surface area contributed by atoms with Gasteiger partial charge < -0.3 is 10.0 Å². The number of aliphatic hydroxyl groups is 1. The molecule has 1 heterocycles. The third kappa shape index (κ3) is 3.11. The van der Waals surface area contributed by atoms with Crippen molar-refractivity contribution in [3.8, 4) is 0 Å². The van der Waals surface area contributed by atoms with Crippen molar-refractivity contribution >= 4 is 34.6 Å². The molecule has 104 valence electrons. The fraction of sp³-hybridized carbons (Fsp3) is 0.500. The number of anilines is 1. The van der Waals surface area contributed by atoms with Gasteiger partial charge in [-0.05, 0) is 19.8 Å². The van der Waals surface area contributed by atoms with E-state index in [0.29, 0.717) is 31.6 Å². The number of hydrogen-bond acceptors (Lipinski definition) is 4. The lowest BCUT2D eigenvalue weighted by Gasteiger charge is -2.37. The first kappa shape index (κ1) is 14.4. The van der Waals surface area contributed by atoms with E-state index in [9.17, 15) is 15.2 Å². The molecule has 0 atom stereocenters. The first-order chi connectivity index (χ1) is 8.80. The number of halogens is 2. The zero-order valence-corrected chi connectivity index (χ0v) is 11.9. The van der Waals surface area contributed by atoms with Gasteiger partial charge in [-0.15, -0.1) is 0 Å². The van der Waals surface area contributed by atoms with Crippen molar-refractivity contribution in [1.82, 2.24) is 0 Å². The maximum absolute atomic E-state index is 10.7. The van der Waals surface area contributed by atoms with Gasteiger partial charge in [-0.1, -0.05) is 23.2 Å². The molecule has 1 saturated heterocycles. The summed E-state index contributed by atoms with van der Waals surface area (Å²) in [7, 11) is 0. The molecule has 0 radical (unpaired) electrons. The summed E-state index contributed by atoms with van der Waals surface area (Å²) >= 11 is 12.2. The number of hydrogen-bond donors (Lipinski definition) is 1. The van der Waals surface area contributed by atoms with Crippen molar-refractivity contribution < 1.29 is 10.0 Å². The second-order valence-electron chi connectivity index (χ2n) is 5.00. The zero-order valence-electron chi connectivity index (χ0n) is 10.4. The fourth-order valence-corrected chi connectivity index (χ4v) is 2.89. The Morgan fingerprint density at radius 1 is 1.32 bits per heavy atom. The van der Waals surface area contributed by atoms with Gasteiger partial charge in [-0.3, -0.25) is 10.1 Å². The predicted molar refractivity (Wildman–Crippen MR) is 75.2 cm³/mol. The monoisotopic (exact) mass is 304 g/mol. The Bertz CT molecular complexity index is 487. The lowest BCUT2D eigenvalue weighted by molar-refractivity contribution is -0.384. The average molecular weight is 305 g/mol. The van der Waals surface area contributed by atoms with E-state index in [2.05, 4.69) is 0 Å². The highest BCUT2D eigenvalue weighted by atomic mass is 35.5. The molecule has 0 aliphatic carbocycles. The van der Waals surface area contributed by atoms with Crippen LogP contribution in [-0.2, 0) is 0 Å². The Balaban J connectivity index is 2.29. The predicted octanol–water partition coefficient (Wildman–Crippen LogP) is 3.25. The minimum absolute atomic E-state index is 0.122. The van der Waals surface area contributed by atoms with Crippen molar-refractivity contribution in [1.29, 1.82) is 0 Å². The molecule has 0 amide bonds. The smallest absolute Gasteiger partial charge is 0.272 e. The summed E-state index contributed by atoms with van der Waals surface area (Å²) in [5.74, 6) is 0. The molecule has 0 aromatic heterocycles. The molecule has 1 aromatic carbocycles. The van der Waals surface area contributed by atoms with Crippen molar-refractivity contribution in [3.63, 3.8) is 0 Å². The van der Waals surface area contributed by atoms with Crippen LogP contribution in [0.2, 0.25) is 10.0 Å². The molecule has 0 unspecified atom stereocenters. The Morgan fingerprint density at radius 3 is 2.21 bits per heavy atom. The quantitative estimate of drug-likeness (QED) is 0.673.